The molecule has 0 aliphatic rings. The van der Waals surface area contributed by atoms with E-state index in [4.69, 9.17) is 11.6 Å². The lowest BCUT2D eigenvalue weighted by molar-refractivity contribution is -0.141. The minimum atomic E-state index is -3.79. The highest BCUT2D eigenvalue weighted by Crippen LogP contribution is 2.27. The molecule has 0 saturated heterocycles. The van der Waals surface area contributed by atoms with Gasteiger partial charge in [-0.15, -0.1) is 0 Å². The summed E-state index contributed by atoms with van der Waals surface area (Å²) in [6.07, 6.45) is -0.160. The minimum absolute atomic E-state index is 0.113. The van der Waals surface area contributed by atoms with Crippen LogP contribution in [0.25, 0.3) is 0 Å². The average Bonchev–Trinajstić information content (AvgIpc) is 2.55. The van der Waals surface area contributed by atoms with Crippen molar-refractivity contribution in [3.8, 4) is 0 Å². The van der Waals surface area contributed by atoms with Crippen LogP contribution in [0, 0.1) is 0 Å². The van der Waals surface area contributed by atoms with Gasteiger partial charge in [-0.05, 0) is 23.8 Å². The van der Waals surface area contributed by atoms with Crippen LogP contribution < -0.4 is 4.72 Å². The SMILES string of the molecule is COC(=O)CC(NS(=O)(=O)c1ccccc1)c1ccccc1Cl. The molecule has 23 heavy (non-hydrogen) atoms. The molecular weight excluding hydrogens is 338 g/mol. The Morgan fingerprint density at radius 3 is 2.35 bits per heavy atom. The van der Waals surface area contributed by atoms with Crippen molar-refractivity contribution in [2.45, 2.75) is 17.4 Å². The summed E-state index contributed by atoms with van der Waals surface area (Å²) in [4.78, 5) is 11.7. The Kier molecular flexibility index (Phi) is 5.76. The third kappa shape index (κ3) is 4.54. The highest BCUT2D eigenvalue weighted by Gasteiger charge is 2.25. The second-order valence-corrected chi connectivity index (χ2v) is 6.91. The first kappa shape index (κ1) is 17.5. The summed E-state index contributed by atoms with van der Waals surface area (Å²) in [5, 5.41) is 0.372. The van der Waals surface area contributed by atoms with Crippen LogP contribution in [0.1, 0.15) is 18.0 Å². The molecule has 0 aromatic heterocycles. The zero-order valence-corrected chi connectivity index (χ0v) is 14.0. The molecule has 2 rings (SSSR count). The maximum Gasteiger partial charge on any atom is 0.307 e. The fourth-order valence-corrected chi connectivity index (χ4v) is 3.58. The van der Waals surface area contributed by atoms with Gasteiger partial charge in [-0.1, -0.05) is 48.0 Å². The summed E-state index contributed by atoms with van der Waals surface area (Å²) in [6, 6.07) is 13.9. The van der Waals surface area contributed by atoms with Crippen LogP contribution in [0.3, 0.4) is 0 Å². The Hall–Kier alpha value is -1.89. The molecule has 0 saturated carbocycles. The Bertz CT molecular complexity index is 778. The minimum Gasteiger partial charge on any atom is -0.469 e. The van der Waals surface area contributed by atoms with Gasteiger partial charge in [-0.2, -0.15) is 0 Å². The van der Waals surface area contributed by atoms with Crippen molar-refractivity contribution >= 4 is 27.6 Å². The molecule has 0 spiro atoms. The number of rotatable bonds is 6. The number of halogens is 1. The quantitative estimate of drug-likeness (QED) is 0.810. The van der Waals surface area contributed by atoms with E-state index in [1.54, 1.807) is 42.5 Å². The molecule has 2 aromatic carbocycles. The van der Waals surface area contributed by atoms with Gasteiger partial charge in [0.25, 0.3) is 0 Å². The molecule has 0 fully saturated rings. The average molecular weight is 354 g/mol. The zero-order chi connectivity index (χ0) is 16.9. The highest BCUT2D eigenvalue weighted by atomic mass is 35.5. The number of benzene rings is 2. The second-order valence-electron chi connectivity index (χ2n) is 4.79. The van der Waals surface area contributed by atoms with Gasteiger partial charge in [-0.25, -0.2) is 13.1 Å². The van der Waals surface area contributed by atoms with Crippen LogP contribution in [-0.4, -0.2) is 21.5 Å². The molecule has 1 atom stereocenters. The molecule has 0 bridgehead atoms. The molecule has 0 radical (unpaired) electrons. The van der Waals surface area contributed by atoms with Crippen molar-refractivity contribution in [3.63, 3.8) is 0 Å². The van der Waals surface area contributed by atoms with Crippen LogP contribution >= 0.6 is 11.6 Å². The van der Waals surface area contributed by atoms with Crippen LogP contribution in [0.15, 0.2) is 59.5 Å². The van der Waals surface area contributed by atoms with Crippen molar-refractivity contribution in [1.82, 2.24) is 4.72 Å². The molecule has 122 valence electrons. The summed E-state index contributed by atoms with van der Waals surface area (Å²) in [5.41, 5.74) is 0.513. The Balaban J connectivity index is 2.35. The Labute approximate surface area is 140 Å². The smallest absolute Gasteiger partial charge is 0.307 e. The first-order chi connectivity index (χ1) is 10.9. The second kappa shape index (κ2) is 7.59. The zero-order valence-electron chi connectivity index (χ0n) is 12.4. The summed E-state index contributed by atoms with van der Waals surface area (Å²) >= 11 is 6.13. The molecular formula is C16H16ClNO4S. The number of nitrogens with one attached hydrogen (secondary N) is 1. The summed E-state index contributed by atoms with van der Waals surface area (Å²) in [6.45, 7) is 0. The van der Waals surface area contributed by atoms with Crippen molar-refractivity contribution < 1.29 is 17.9 Å². The van der Waals surface area contributed by atoms with Gasteiger partial charge in [0, 0.05) is 5.02 Å². The normalized spacial score (nSPS) is 12.6. The Morgan fingerprint density at radius 1 is 1.13 bits per heavy atom. The fourth-order valence-electron chi connectivity index (χ4n) is 2.08. The summed E-state index contributed by atoms with van der Waals surface area (Å²) in [7, 11) is -2.55. The van der Waals surface area contributed by atoms with E-state index in [2.05, 4.69) is 9.46 Å². The maximum atomic E-state index is 12.5. The van der Waals surface area contributed by atoms with Gasteiger partial charge in [0.05, 0.1) is 24.5 Å². The third-order valence-electron chi connectivity index (χ3n) is 3.23. The number of hydrogen-bond donors (Lipinski definition) is 1. The lowest BCUT2D eigenvalue weighted by Crippen LogP contribution is -2.30. The van der Waals surface area contributed by atoms with Gasteiger partial charge >= 0.3 is 5.97 Å². The van der Waals surface area contributed by atoms with E-state index in [1.165, 1.54) is 19.2 Å². The first-order valence-corrected chi connectivity index (χ1v) is 8.69. The van der Waals surface area contributed by atoms with Crippen LogP contribution in [-0.2, 0) is 19.6 Å². The summed E-state index contributed by atoms with van der Waals surface area (Å²) < 4.78 is 32.1. The predicted octanol–water partition coefficient (Wildman–Crippen LogP) is 2.92. The largest absolute Gasteiger partial charge is 0.469 e. The van der Waals surface area contributed by atoms with E-state index in [9.17, 15) is 13.2 Å². The maximum absolute atomic E-state index is 12.5. The molecule has 0 amide bonds. The molecule has 1 unspecified atom stereocenters. The topological polar surface area (TPSA) is 72.5 Å². The molecule has 5 nitrogen and oxygen atoms in total. The van der Waals surface area contributed by atoms with E-state index in [1.807, 2.05) is 0 Å². The van der Waals surface area contributed by atoms with Gasteiger partial charge in [0.2, 0.25) is 10.0 Å². The van der Waals surface area contributed by atoms with Crippen LogP contribution in [0.4, 0.5) is 0 Å². The lowest BCUT2D eigenvalue weighted by Gasteiger charge is -2.19. The van der Waals surface area contributed by atoms with Gasteiger partial charge < -0.3 is 4.74 Å². The molecule has 2 aromatic rings. The van der Waals surface area contributed by atoms with Gasteiger partial charge in [0.1, 0.15) is 0 Å². The van der Waals surface area contributed by atoms with Crippen LogP contribution in [0.5, 0.6) is 0 Å². The van der Waals surface area contributed by atoms with E-state index < -0.39 is 22.0 Å². The van der Waals surface area contributed by atoms with Gasteiger partial charge in [0.15, 0.2) is 0 Å². The van der Waals surface area contributed by atoms with E-state index in [0.717, 1.165) is 0 Å². The predicted molar refractivity (Wildman–Crippen MR) is 87.6 cm³/mol. The number of methoxy groups -OCH3 is 1. The summed E-state index contributed by atoms with van der Waals surface area (Å²) in [5.74, 6) is -0.536. The number of esters is 1. The van der Waals surface area contributed by atoms with E-state index in [-0.39, 0.29) is 11.3 Å². The van der Waals surface area contributed by atoms with E-state index >= 15 is 0 Å². The number of ether oxygens (including phenoxy) is 1. The van der Waals surface area contributed by atoms with Crippen molar-refractivity contribution in [1.29, 1.82) is 0 Å². The number of hydrogen-bond acceptors (Lipinski definition) is 4. The fraction of sp³-hybridized carbons (Fsp3) is 0.188. The number of carbonyl (C=O) groups excluding carboxylic acids is 1. The monoisotopic (exact) mass is 353 g/mol. The van der Waals surface area contributed by atoms with Crippen molar-refractivity contribution in [2.24, 2.45) is 0 Å². The van der Waals surface area contributed by atoms with Crippen molar-refractivity contribution in [2.75, 3.05) is 7.11 Å². The molecule has 1 N–H and O–H groups in total. The molecule has 7 heteroatoms. The number of carbonyl (C=O) groups is 1. The standard InChI is InChI=1S/C16H16ClNO4S/c1-22-16(19)11-15(13-9-5-6-10-14(13)17)18-23(20,21)12-7-3-2-4-8-12/h2-10,15,18H,11H2,1H3. The Morgan fingerprint density at radius 2 is 1.74 bits per heavy atom. The lowest BCUT2D eigenvalue weighted by atomic mass is 10.1. The number of sulfonamides is 1. The van der Waals surface area contributed by atoms with Gasteiger partial charge in [-0.3, -0.25) is 4.79 Å². The molecule has 0 aliphatic carbocycles. The van der Waals surface area contributed by atoms with Crippen molar-refractivity contribution in [3.05, 3.63) is 65.2 Å². The van der Waals surface area contributed by atoms with Crippen LogP contribution in [0.2, 0.25) is 5.02 Å². The highest BCUT2D eigenvalue weighted by molar-refractivity contribution is 7.89. The third-order valence-corrected chi connectivity index (χ3v) is 5.06. The molecule has 0 aliphatic heterocycles. The molecule has 0 heterocycles. The van der Waals surface area contributed by atoms with E-state index in [0.29, 0.717) is 10.6 Å². The first-order valence-electron chi connectivity index (χ1n) is 6.82.